The molecule has 4 rings (SSSR count). The summed E-state index contributed by atoms with van der Waals surface area (Å²) in [7, 11) is 4.01. The van der Waals surface area contributed by atoms with Crippen molar-refractivity contribution in [3.05, 3.63) is 67.1 Å². The van der Waals surface area contributed by atoms with Crippen LogP contribution >= 0.6 is 0 Å². The maximum Gasteiger partial charge on any atom is 0.165 e. The van der Waals surface area contributed by atoms with E-state index in [0.29, 0.717) is 19.0 Å². The summed E-state index contributed by atoms with van der Waals surface area (Å²) in [6, 6.07) is 15.7. The van der Waals surface area contributed by atoms with Crippen molar-refractivity contribution >= 4 is 16.9 Å². The summed E-state index contributed by atoms with van der Waals surface area (Å²) in [6.45, 7) is 1.28. The number of pyridine rings is 1. The lowest BCUT2D eigenvalue weighted by Crippen LogP contribution is -2.25. The first-order valence-electron chi connectivity index (χ1n) is 8.85. The molecule has 0 saturated carbocycles. The fourth-order valence-electron chi connectivity index (χ4n) is 2.96. The molecule has 3 heterocycles. The number of benzene rings is 1. The van der Waals surface area contributed by atoms with Crippen LogP contribution in [0.25, 0.3) is 22.4 Å². The minimum Gasteiger partial charge on any atom is -0.492 e. The zero-order valence-corrected chi connectivity index (χ0v) is 15.4. The highest BCUT2D eigenvalue weighted by Gasteiger charge is 2.15. The van der Waals surface area contributed by atoms with Crippen LogP contribution in [0.2, 0.25) is 0 Å². The molecule has 3 aromatic heterocycles. The molecule has 0 amide bonds. The van der Waals surface area contributed by atoms with Crippen molar-refractivity contribution in [2.45, 2.75) is 0 Å². The highest BCUT2D eigenvalue weighted by atomic mass is 16.5. The number of hydrogen-bond acceptors (Lipinski definition) is 5. The van der Waals surface area contributed by atoms with Crippen LogP contribution in [-0.2, 0) is 7.05 Å². The quantitative estimate of drug-likeness (QED) is 0.527. The Labute approximate surface area is 158 Å². The molecule has 0 unspecified atom stereocenters. The van der Waals surface area contributed by atoms with Crippen LogP contribution < -0.4 is 9.64 Å². The number of aryl methyl sites for hydroxylation is 1. The van der Waals surface area contributed by atoms with Gasteiger partial charge in [0.1, 0.15) is 23.8 Å². The molecule has 4 aromatic rings. The van der Waals surface area contributed by atoms with E-state index < -0.39 is 0 Å². The maximum atomic E-state index is 5.83. The summed E-state index contributed by atoms with van der Waals surface area (Å²) in [5, 5.41) is 1.02. The van der Waals surface area contributed by atoms with E-state index in [4.69, 9.17) is 14.7 Å². The number of aromatic nitrogens is 4. The van der Waals surface area contributed by atoms with E-state index in [0.717, 1.165) is 28.2 Å². The summed E-state index contributed by atoms with van der Waals surface area (Å²) in [4.78, 5) is 15.8. The standard InChI is InChI=1S/C21H21N5O/c1-25-12-10-18-20(25)23-19(16-7-6-11-22-15-16)24-21(18)26(2)13-14-27-17-8-4-3-5-9-17/h3-12,15H,13-14H2,1-2H3. The molecule has 1 aromatic carbocycles. The smallest absolute Gasteiger partial charge is 0.165 e. The van der Waals surface area contributed by atoms with Gasteiger partial charge in [-0.1, -0.05) is 18.2 Å². The first-order valence-corrected chi connectivity index (χ1v) is 8.85. The number of hydrogen-bond donors (Lipinski definition) is 0. The molecular weight excluding hydrogens is 338 g/mol. The minimum atomic E-state index is 0.571. The first-order chi connectivity index (χ1) is 13.2. The lowest BCUT2D eigenvalue weighted by molar-refractivity contribution is 0.326. The van der Waals surface area contributed by atoms with Gasteiger partial charge in [0.2, 0.25) is 0 Å². The topological polar surface area (TPSA) is 56.1 Å². The number of fused-ring (bicyclic) bond motifs is 1. The molecule has 6 heteroatoms. The minimum absolute atomic E-state index is 0.571. The molecule has 0 aliphatic rings. The molecule has 0 aliphatic heterocycles. The first kappa shape index (κ1) is 17.0. The monoisotopic (exact) mass is 359 g/mol. The van der Waals surface area contributed by atoms with Gasteiger partial charge in [-0.3, -0.25) is 4.98 Å². The second-order valence-corrected chi connectivity index (χ2v) is 6.36. The van der Waals surface area contributed by atoms with Crippen molar-refractivity contribution in [3.8, 4) is 17.1 Å². The molecule has 0 atom stereocenters. The lowest BCUT2D eigenvalue weighted by Gasteiger charge is -2.20. The number of anilines is 1. The van der Waals surface area contributed by atoms with Crippen molar-refractivity contribution in [2.75, 3.05) is 25.1 Å². The van der Waals surface area contributed by atoms with E-state index in [-0.39, 0.29) is 0 Å². The molecule has 6 nitrogen and oxygen atoms in total. The Balaban J connectivity index is 1.61. The van der Waals surface area contributed by atoms with Crippen LogP contribution in [0.3, 0.4) is 0 Å². The average Bonchev–Trinajstić information content (AvgIpc) is 3.09. The summed E-state index contributed by atoms with van der Waals surface area (Å²) in [5.41, 5.74) is 1.80. The predicted molar refractivity (Wildman–Crippen MR) is 107 cm³/mol. The molecule has 0 saturated heterocycles. The summed E-state index contributed by atoms with van der Waals surface area (Å²) < 4.78 is 7.84. The number of nitrogens with zero attached hydrogens (tertiary/aromatic N) is 5. The van der Waals surface area contributed by atoms with Crippen molar-refractivity contribution in [1.82, 2.24) is 19.5 Å². The average molecular weight is 359 g/mol. The van der Waals surface area contributed by atoms with E-state index in [9.17, 15) is 0 Å². The number of para-hydroxylation sites is 1. The van der Waals surface area contributed by atoms with Gasteiger partial charge < -0.3 is 14.2 Å². The molecule has 136 valence electrons. The molecule has 0 fully saturated rings. The van der Waals surface area contributed by atoms with E-state index in [1.54, 1.807) is 12.4 Å². The Hall–Kier alpha value is -3.41. The van der Waals surface area contributed by atoms with E-state index in [1.165, 1.54) is 0 Å². The Morgan fingerprint density at radius 1 is 1.04 bits per heavy atom. The van der Waals surface area contributed by atoms with E-state index in [2.05, 4.69) is 9.88 Å². The Kier molecular flexibility index (Phi) is 4.70. The third-order valence-corrected chi connectivity index (χ3v) is 4.42. The van der Waals surface area contributed by atoms with Gasteiger partial charge in [-0.15, -0.1) is 0 Å². The SMILES string of the molecule is CN(CCOc1ccccc1)c1nc(-c2cccnc2)nc2c1ccn2C. The van der Waals surface area contributed by atoms with Gasteiger partial charge in [0, 0.05) is 38.2 Å². The van der Waals surface area contributed by atoms with Crippen molar-refractivity contribution in [3.63, 3.8) is 0 Å². The molecular formula is C21H21N5O. The predicted octanol–water partition coefficient (Wildman–Crippen LogP) is 3.55. The van der Waals surface area contributed by atoms with Crippen molar-refractivity contribution < 1.29 is 4.74 Å². The van der Waals surface area contributed by atoms with Gasteiger partial charge in [0.15, 0.2) is 5.82 Å². The number of ether oxygens (including phenoxy) is 1. The number of rotatable bonds is 6. The van der Waals surface area contributed by atoms with Crippen molar-refractivity contribution in [2.24, 2.45) is 7.05 Å². The summed E-state index contributed by atoms with van der Waals surface area (Å²) in [6.07, 6.45) is 5.54. The Morgan fingerprint density at radius 2 is 1.89 bits per heavy atom. The van der Waals surface area contributed by atoms with E-state index >= 15 is 0 Å². The van der Waals surface area contributed by atoms with Crippen LogP contribution in [0.4, 0.5) is 5.82 Å². The van der Waals surface area contributed by atoms with Crippen LogP contribution in [0.1, 0.15) is 0 Å². The molecule has 0 N–H and O–H groups in total. The van der Waals surface area contributed by atoms with Crippen LogP contribution in [0.5, 0.6) is 5.75 Å². The normalized spacial score (nSPS) is 10.9. The van der Waals surface area contributed by atoms with Gasteiger partial charge in [0.25, 0.3) is 0 Å². The largest absolute Gasteiger partial charge is 0.492 e. The molecule has 0 aliphatic carbocycles. The van der Waals surface area contributed by atoms with Gasteiger partial charge >= 0.3 is 0 Å². The van der Waals surface area contributed by atoms with Crippen molar-refractivity contribution in [1.29, 1.82) is 0 Å². The van der Waals surface area contributed by atoms with Crippen LogP contribution in [0, 0.1) is 0 Å². The van der Waals surface area contributed by atoms with Gasteiger partial charge in [0.05, 0.1) is 11.9 Å². The summed E-state index contributed by atoms with van der Waals surface area (Å²) >= 11 is 0. The number of likely N-dealkylation sites (N-methyl/N-ethyl adjacent to an activating group) is 1. The molecule has 0 bridgehead atoms. The third kappa shape index (κ3) is 3.60. The van der Waals surface area contributed by atoms with Gasteiger partial charge in [-0.25, -0.2) is 9.97 Å². The molecule has 0 spiro atoms. The third-order valence-electron chi connectivity index (χ3n) is 4.42. The lowest BCUT2D eigenvalue weighted by atomic mass is 10.2. The zero-order valence-electron chi connectivity index (χ0n) is 15.4. The highest BCUT2D eigenvalue weighted by Crippen LogP contribution is 2.27. The van der Waals surface area contributed by atoms with Gasteiger partial charge in [-0.2, -0.15) is 0 Å². The summed E-state index contributed by atoms with van der Waals surface area (Å²) in [5.74, 6) is 2.42. The Bertz CT molecular complexity index is 1030. The van der Waals surface area contributed by atoms with Gasteiger partial charge in [-0.05, 0) is 30.3 Å². The molecule has 0 radical (unpaired) electrons. The zero-order chi connectivity index (χ0) is 18.6. The second-order valence-electron chi connectivity index (χ2n) is 6.36. The second kappa shape index (κ2) is 7.45. The van der Waals surface area contributed by atoms with Crippen LogP contribution in [-0.4, -0.2) is 39.7 Å². The highest BCUT2D eigenvalue weighted by molar-refractivity contribution is 5.89. The van der Waals surface area contributed by atoms with Crippen LogP contribution in [0.15, 0.2) is 67.1 Å². The van der Waals surface area contributed by atoms with E-state index in [1.807, 2.05) is 73.4 Å². The fraction of sp³-hybridized carbons (Fsp3) is 0.190. The Morgan fingerprint density at radius 3 is 2.67 bits per heavy atom. The fourth-order valence-corrected chi connectivity index (χ4v) is 2.96. The maximum absolute atomic E-state index is 5.83. The molecule has 27 heavy (non-hydrogen) atoms.